The molecule has 112 valence electrons. The molecule has 1 fully saturated rings. The summed E-state index contributed by atoms with van der Waals surface area (Å²) < 4.78 is 0. The van der Waals surface area contributed by atoms with Crippen LogP contribution in [0.1, 0.15) is 26.1 Å². The van der Waals surface area contributed by atoms with Crippen LogP contribution >= 0.6 is 0 Å². The van der Waals surface area contributed by atoms with Crippen LogP contribution in [0.15, 0.2) is 6.07 Å². The molecule has 0 aliphatic carbocycles. The SMILES string of the molecule is CCCNc1cc(NN2CCN(C)CC2)nc(CC)n1. The third-order valence-electron chi connectivity index (χ3n) is 3.42. The number of nitrogens with one attached hydrogen (secondary N) is 2. The van der Waals surface area contributed by atoms with Crippen molar-refractivity contribution < 1.29 is 0 Å². The van der Waals surface area contributed by atoms with Gasteiger partial charge < -0.3 is 15.6 Å². The normalized spacial score (nSPS) is 17.1. The van der Waals surface area contributed by atoms with Crippen LogP contribution in [0, 0.1) is 0 Å². The fourth-order valence-electron chi connectivity index (χ4n) is 2.14. The quantitative estimate of drug-likeness (QED) is 0.821. The van der Waals surface area contributed by atoms with E-state index in [4.69, 9.17) is 0 Å². The second kappa shape index (κ2) is 7.40. The number of piperazine rings is 1. The minimum Gasteiger partial charge on any atom is -0.370 e. The Morgan fingerprint density at radius 2 is 1.80 bits per heavy atom. The molecular formula is C14H26N6. The van der Waals surface area contributed by atoms with Gasteiger partial charge in [0.25, 0.3) is 0 Å². The maximum Gasteiger partial charge on any atom is 0.146 e. The third-order valence-corrected chi connectivity index (χ3v) is 3.42. The zero-order chi connectivity index (χ0) is 14.4. The molecule has 6 nitrogen and oxygen atoms in total. The Morgan fingerprint density at radius 3 is 2.45 bits per heavy atom. The van der Waals surface area contributed by atoms with Gasteiger partial charge in [0.05, 0.1) is 0 Å². The van der Waals surface area contributed by atoms with E-state index in [1.165, 1.54) is 0 Å². The van der Waals surface area contributed by atoms with Crippen molar-refractivity contribution >= 4 is 11.6 Å². The molecule has 0 radical (unpaired) electrons. The van der Waals surface area contributed by atoms with E-state index in [9.17, 15) is 0 Å². The number of anilines is 2. The maximum absolute atomic E-state index is 4.56. The van der Waals surface area contributed by atoms with Gasteiger partial charge >= 0.3 is 0 Å². The molecule has 2 N–H and O–H groups in total. The second-order valence-electron chi connectivity index (χ2n) is 5.24. The van der Waals surface area contributed by atoms with Crippen LogP contribution < -0.4 is 10.7 Å². The van der Waals surface area contributed by atoms with Gasteiger partial charge in [-0.25, -0.2) is 15.0 Å². The first-order valence-electron chi connectivity index (χ1n) is 7.53. The molecule has 2 heterocycles. The van der Waals surface area contributed by atoms with Crippen molar-refractivity contribution in [1.82, 2.24) is 19.9 Å². The highest BCUT2D eigenvalue weighted by Gasteiger charge is 2.14. The number of aryl methyl sites for hydroxylation is 1. The van der Waals surface area contributed by atoms with Crippen molar-refractivity contribution in [2.45, 2.75) is 26.7 Å². The standard InChI is InChI=1S/C14H26N6/c1-4-6-15-13-11-14(17-12(5-2)16-13)18-20-9-7-19(3)8-10-20/h11H,4-10H2,1-3H3,(H2,15,16,17,18). The molecule has 1 aromatic heterocycles. The van der Waals surface area contributed by atoms with Crippen molar-refractivity contribution in [1.29, 1.82) is 0 Å². The lowest BCUT2D eigenvalue weighted by atomic mass is 10.4. The van der Waals surface area contributed by atoms with E-state index >= 15 is 0 Å². The molecular weight excluding hydrogens is 252 g/mol. The van der Waals surface area contributed by atoms with Gasteiger partial charge in [0.15, 0.2) is 0 Å². The summed E-state index contributed by atoms with van der Waals surface area (Å²) in [6, 6.07) is 1.99. The van der Waals surface area contributed by atoms with Gasteiger partial charge in [-0.1, -0.05) is 13.8 Å². The molecule has 1 saturated heterocycles. The van der Waals surface area contributed by atoms with Crippen molar-refractivity contribution in [3.63, 3.8) is 0 Å². The molecule has 0 atom stereocenters. The summed E-state index contributed by atoms with van der Waals surface area (Å²) in [5, 5.41) is 5.56. The Balaban J connectivity index is 2.02. The molecule has 1 aliphatic heterocycles. The fourth-order valence-corrected chi connectivity index (χ4v) is 2.14. The highest BCUT2D eigenvalue weighted by Crippen LogP contribution is 2.13. The molecule has 0 unspecified atom stereocenters. The lowest BCUT2D eigenvalue weighted by Gasteiger charge is -2.32. The summed E-state index contributed by atoms with van der Waals surface area (Å²) in [5.74, 6) is 2.68. The lowest BCUT2D eigenvalue weighted by molar-refractivity contribution is 0.178. The van der Waals surface area contributed by atoms with E-state index in [1.54, 1.807) is 0 Å². The number of hydrazine groups is 1. The van der Waals surface area contributed by atoms with Crippen LogP contribution in [0.25, 0.3) is 0 Å². The Kier molecular flexibility index (Phi) is 5.55. The molecule has 0 bridgehead atoms. The van der Waals surface area contributed by atoms with Crippen LogP contribution in [0.2, 0.25) is 0 Å². The maximum atomic E-state index is 4.56. The van der Waals surface area contributed by atoms with Gasteiger partial charge in [-0.3, -0.25) is 0 Å². The molecule has 6 heteroatoms. The van der Waals surface area contributed by atoms with E-state index in [1.807, 2.05) is 6.07 Å². The Morgan fingerprint density at radius 1 is 1.10 bits per heavy atom. The molecule has 1 aliphatic rings. The van der Waals surface area contributed by atoms with E-state index < -0.39 is 0 Å². The first-order valence-corrected chi connectivity index (χ1v) is 7.53. The van der Waals surface area contributed by atoms with Crippen LogP contribution in [0.4, 0.5) is 11.6 Å². The Hall–Kier alpha value is -1.40. The van der Waals surface area contributed by atoms with Gasteiger partial charge in [-0.2, -0.15) is 0 Å². The second-order valence-corrected chi connectivity index (χ2v) is 5.24. The van der Waals surface area contributed by atoms with Gasteiger partial charge in [0.2, 0.25) is 0 Å². The van der Waals surface area contributed by atoms with Gasteiger partial charge in [0, 0.05) is 45.2 Å². The largest absolute Gasteiger partial charge is 0.370 e. The van der Waals surface area contributed by atoms with E-state index in [0.717, 1.165) is 63.0 Å². The smallest absolute Gasteiger partial charge is 0.146 e. The number of hydrogen-bond acceptors (Lipinski definition) is 6. The average Bonchev–Trinajstić information content (AvgIpc) is 2.47. The lowest BCUT2D eigenvalue weighted by Crippen LogP contribution is -2.47. The highest BCUT2D eigenvalue weighted by molar-refractivity contribution is 5.47. The summed E-state index contributed by atoms with van der Waals surface area (Å²) in [6.45, 7) is 9.36. The Bertz CT molecular complexity index is 414. The first-order chi connectivity index (χ1) is 9.71. The number of nitrogens with zero attached hydrogens (tertiary/aromatic N) is 4. The number of hydrogen-bond donors (Lipinski definition) is 2. The molecule has 0 saturated carbocycles. The molecule has 0 amide bonds. The van der Waals surface area contributed by atoms with Gasteiger partial charge in [-0.05, 0) is 13.5 Å². The Labute approximate surface area is 121 Å². The van der Waals surface area contributed by atoms with Gasteiger partial charge in [0.1, 0.15) is 17.5 Å². The number of likely N-dealkylation sites (N-methyl/N-ethyl adjacent to an activating group) is 1. The number of aromatic nitrogens is 2. The van der Waals surface area contributed by atoms with E-state index in [0.29, 0.717) is 0 Å². The summed E-state index contributed by atoms with van der Waals surface area (Å²) in [6.07, 6.45) is 1.94. The molecule has 1 aromatic rings. The third kappa shape index (κ3) is 4.31. The van der Waals surface area contributed by atoms with E-state index in [2.05, 4.69) is 51.5 Å². The van der Waals surface area contributed by atoms with Gasteiger partial charge in [-0.15, -0.1) is 0 Å². The minimum atomic E-state index is 0.846. The first kappa shape index (κ1) is 15.0. The molecule has 0 spiro atoms. The predicted molar refractivity (Wildman–Crippen MR) is 82.9 cm³/mol. The topological polar surface area (TPSA) is 56.3 Å². The average molecular weight is 278 g/mol. The zero-order valence-corrected chi connectivity index (χ0v) is 12.8. The fraction of sp³-hybridized carbons (Fsp3) is 0.714. The van der Waals surface area contributed by atoms with E-state index in [-0.39, 0.29) is 0 Å². The van der Waals surface area contributed by atoms with Crippen LogP contribution in [0.3, 0.4) is 0 Å². The van der Waals surface area contributed by atoms with Crippen molar-refractivity contribution in [3.05, 3.63) is 11.9 Å². The molecule has 0 aromatic carbocycles. The van der Waals surface area contributed by atoms with Crippen molar-refractivity contribution in [2.75, 3.05) is 50.5 Å². The summed E-state index contributed by atoms with van der Waals surface area (Å²) >= 11 is 0. The highest BCUT2D eigenvalue weighted by atomic mass is 15.5. The van der Waals surface area contributed by atoms with Crippen molar-refractivity contribution in [2.24, 2.45) is 0 Å². The summed E-state index contributed by atoms with van der Waals surface area (Å²) in [7, 11) is 2.16. The summed E-state index contributed by atoms with van der Waals surface area (Å²) in [5.41, 5.74) is 3.41. The van der Waals surface area contributed by atoms with Crippen LogP contribution in [0.5, 0.6) is 0 Å². The zero-order valence-electron chi connectivity index (χ0n) is 12.8. The predicted octanol–water partition coefficient (Wildman–Crippen LogP) is 1.44. The molecule has 2 rings (SSSR count). The number of rotatable bonds is 6. The van der Waals surface area contributed by atoms with Crippen molar-refractivity contribution in [3.8, 4) is 0 Å². The van der Waals surface area contributed by atoms with Crippen LogP contribution in [-0.2, 0) is 6.42 Å². The van der Waals surface area contributed by atoms with Crippen LogP contribution in [-0.4, -0.2) is 59.6 Å². The monoisotopic (exact) mass is 278 g/mol. The minimum absolute atomic E-state index is 0.846. The summed E-state index contributed by atoms with van der Waals surface area (Å²) in [4.78, 5) is 11.4. The molecule has 20 heavy (non-hydrogen) atoms.